The molecule has 3 aliphatic heterocycles. The molecule has 2 N–H and O–H groups in total. The van der Waals surface area contributed by atoms with Crippen LogP contribution in [0.25, 0.3) is 43.8 Å². The maximum Gasteiger partial charge on any atom is 0.319 e. The lowest BCUT2D eigenvalue weighted by molar-refractivity contribution is 0.0447. The topological polar surface area (TPSA) is 103 Å². The Kier molecular flexibility index (Phi) is 6.06. The summed E-state index contributed by atoms with van der Waals surface area (Å²) in [6.45, 7) is 4.26. The highest BCUT2D eigenvalue weighted by molar-refractivity contribution is 6.11. The van der Waals surface area contributed by atoms with E-state index in [-0.39, 0.29) is 23.8 Å². The van der Waals surface area contributed by atoms with E-state index in [0.717, 1.165) is 47.5 Å². The van der Waals surface area contributed by atoms with Gasteiger partial charge in [-0.1, -0.05) is 24.3 Å². The number of nitrogens with zero attached hydrogens (tertiary/aromatic N) is 6. The third-order valence-electron chi connectivity index (χ3n) is 9.55. The predicted molar refractivity (Wildman–Crippen MR) is 161 cm³/mol. The number of fused-ring (bicyclic) bond motifs is 4. The average Bonchev–Trinajstić information content (AvgIpc) is 3.69. The molecule has 43 heavy (non-hydrogen) atoms. The van der Waals surface area contributed by atoms with Crippen LogP contribution in [0.2, 0.25) is 0 Å². The largest absolute Gasteiger partial charge is 0.461 e. The fourth-order valence-corrected chi connectivity index (χ4v) is 7.56. The number of β-amino-alcohol motifs (C(OH)–C–C–N with tert-alkyl or cyclic N) is 1. The maximum absolute atomic E-state index is 16.8. The van der Waals surface area contributed by atoms with Crippen molar-refractivity contribution >= 4 is 38.4 Å². The first-order valence-corrected chi connectivity index (χ1v) is 15.0. The van der Waals surface area contributed by atoms with Crippen molar-refractivity contribution in [1.82, 2.24) is 30.0 Å². The molecule has 0 amide bonds. The van der Waals surface area contributed by atoms with Gasteiger partial charge in [0.05, 0.1) is 28.2 Å². The molecule has 0 unspecified atom stereocenters. The summed E-state index contributed by atoms with van der Waals surface area (Å²) in [5.74, 6) is -0.112. The standard InChI is InChI=1S/C32H33F2N7O2/c1-31(42)8-4-10-40(17-31)29-23-14-35-28(25-21-7-3-2-6-19(21)12-24-22(25)15-36-39-24)26(34)27(23)37-30(38-29)43-18-32-9-5-11-41(32)16-20(33)13-32/h2-3,6-7,12,14-15,20,42H,4-5,8-11,13,16-18H2,1H3,(H,36,39)/t20-,31-,32+/m1/s1. The lowest BCUT2D eigenvalue weighted by atomic mass is 9.95. The Morgan fingerprint density at radius 1 is 1.09 bits per heavy atom. The van der Waals surface area contributed by atoms with Crippen LogP contribution in [-0.2, 0) is 0 Å². The monoisotopic (exact) mass is 585 g/mol. The molecule has 3 fully saturated rings. The van der Waals surface area contributed by atoms with Crippen LogP contribution in [0.15, 0.2) is 42.7 Å². The van der Waals surface area contributed by atoms with Crippen molar-refractivity contribution < 1.29 is 18.6 Å². The van der Waals surface area contributed by atoms with Gasteiger partial charge in [0.15, 0.2) is 5.82 Å². The van der Waals surface area contributed by atoms with Gasteiger partial charge in [0.2, 0.25) is 0 Å². The lowest BCUT2D eigenvalue weighted by Crippen LogP contribution is -2.46. The quantitative estimate of drug-likeness (QED) is 0.291. The second-order valence-corrected chi connectivity index (χ2v) is 12.7. The predicted octanol–water partition coefficient (Wildman–Crippen LogP) is 5.17. The zero-order valence-electron chi connectivity index (χ0n) is 24.0. The van der Waals surface area contributed by atoms with Gasteiger partial charge in [0, 0.05) is 43.2 Å². The van der Waals surface area contributed by atoms with Gasteiger partial charge in [0.1, 0.15) is 29.8 Å². The Balaban J connectivity index is 1.29. The molecular weight excluding hydrogens is 552 g/mol. The van der Waals surface area contributed by atoms with Crippen molar-refractivity contribution in [2.75, 3.05) is 37.7 Å². The minimum atomic E-state index is -0.915. The van der Waals surface area contributed by atoms with E-state index >= 15 is 4.39 Å². The molecule has 8 rings (SSSR count). The summed E-state index contributed by atoms with van der Waals surface area (Å²) < 4.78 is 37.5. The van der Waals surface area contributed by atoms with E-state index in [9.17, 15) is 9.50 Å². The highest BCUT2D eigenvalue weighted by Gasteiger charge is 2.49. The van der Waals surface area contributed by atoms with Gasteiger partial charge in [0.25, 0.3) is 0 Å². The zero-order valence-corrected chi connectivity index (χ0v) is 24.0. The first-order valence-electron chi connectivity index (χ1n) is 15.0. The summed E-state index contributed by atoms with van der Waals surface area (Å²) >= 11 is 0. The van der Waals surface area contributed by atoms with Crippen LogP contribution in [0, 0.1) is 5.82 Å². The number of aromatic amines is 1. The highest BCUT2D eigenvalue weighted by atomic mass is 19.1. The van der Waals surface area contributed by atoms with Crippen molar-refractivity contribution in [2.24, 2.45) is 0 Å². The fraction of sp³-hybridized carbons (Fsp3) is 0.438. The second kappa shape index (κ2) is 9.78. The van der Waals surface area contributed by atoms with Gasteiger partial charge in [-0.15, -0.1) is 0 Å². The summed E-state index contributed by atoms with van der Waals surface area (Å²) in [4.78, 5) is 18.2. The first-order chi connectivity index (χ1) is 20.8. The van der Waals surface area contributed by atoms with E-state index in [2.05, 4.69) is 25.1 Å². The van der Waals surface area contributed by atoms with Crippen LogP contribution in [0.3, 0.4) is 0 Å². The lowest BCUT2D eigenvalue weighted by Gasteiger charge is -2.38. The molecule has 0 aliphatic carbocycles. The number of rotatable bonds is 5. The number of nitrogens with one attached hydrogen (secondary N) is 1. The Morgan fingerprint density at radius 3 is 2.84 bits per heavy atom. The summed E-state index contributed by atoms with van der Waals surface area (Å²) in [7, 11) is 0. The number of anilines is 1. The number of halogens is 2. The molecule has 5 aromatic rings. The maximum atomic E-state index is 16.8. The Labute approximate surface area is 246 Å². The number of benzene rings is 2. The van der Waals surface area contributed by atoms with Crippen molar-refractivity contribution in [3.63, 3.8) is 0 Å². The number of H-pyrrole nitrogens is 1. The summed E-state index contributed by atoms with van der Waals surface area (Å²) in [5, 5.41) is 21.1. The zero-order chi connectivity index (χ0) is 29.3. The van der Waals surface area contributed by atoms with Gasteiger partial charge < -0.3 is 14.7 Å². The number of aromatic nitrogens is 5. The molecule has 0 bridgehead atoms. The molecule has 0 radical (unpaired) electrons. The SMILES string of the molecule is C[C@@]1(O)CCCN(c2nc(OC[C@@]34CCCN3C[C@H](F)C4)nc3c(F)c(-c4c5ccccc5cc5[nH]ncc45)ncc23)C1. The smallest absolute Gasteiger partial charge is 0.319 e. The molecule has 3 atom stereocenters. The number of hydrogen-bond acceptors (Lipinski definition) is 8. The van der Waals surface area contributed by atoms with Crippen molar-refractivity contribution in [2.45, 2.75) is 56.3 Å². The van der Waals surface area contributed by atoms with Gasteiger partial charge in [-0.25, -0.2) is 8.78 Å². The molecule has 3 aromatic heterocycles. The first kappa shape index (κ1) is 26.7. The molecule has 0 spiro atoms. The molecule has 0 saturated carbocycles. The summed E-state index contributed by atoms with van der Waals surface area (Å²) in [6, 6.07) is 9.81. The minimum Gasteiger partial charge on any atom is -0.461 e. The van der Waals surface area contributed by atoms with Crippen molar-refractivity contribution in [1.29, 1.82) is 0 Å². The van der Waals surface area contributed by atoms with E-state index in [0.29, 0.717) is 49.2 Å². The molecule has 3 aliphatic rings. The van der Waals surface area contributed by atoms with Gasteiger partial charge >= 0.3 is 6.01 Å². The Morgan fingerprint density at radius 2 is 1.95 bits per heavy atom. The van der Waals surface area contributed by atoms with Gasteiger partial charge in [-0.05, 0) is 56.0 Å². The summed E-state index contributed by atoms with van der Waals surface area (Å²) in [6.07, 6.45) is 6.07. The van der Waals surface area contributed by atoms with Crippen molar-refractivity contribution in [3.05, 3.63) is 48.5 Å². The normalized spacial score (nSPS) is 26.1. The van der Waals surface area contributed by atoms with Crippen LogP contribution in [0.1, 0.15) is 39.0 Å². The number of hydrogen-bond donors (Lipinski definition) is 2. The van der Waals surface area contributed by atoms with Crippen LogP contribution in [-0.4, -0.2) is 85.3 Å². The fourth-order valence-electron chi connectivity index (χ4n) is 7.56. The van der Waals surface area contributed by atoms with Crippen LogP contribution >= 0.6 is 0 Å². The molecule has 2 aromatic carbocycles. The molecular formula is C32H33F2N7O2. The number of aliphatic hydroxyl groups is 1. The van der Waals surface area contributed by atoms with E-state index in [4.69, 9.17) is 9.72 Å². The molecule has 9 nitrogen and oxygen atoms in total. The highest BCUT2D eigenvalue weighted by Crippen LogP contribution is 2.42. The summed E-state index contributed by atoms with van der Waals surface area (Å²) in [5.41, 5.74) is 0.349. The Hall–Kier alpha value is -3.96. The number of ether oxygens (including phenoxy) is 1. The van der Waals surface area contributed by atoms with Crippen LogP contribution < -0.4 is 9.64 Å². The number of piperidine rings is 1. The van der Waals surface area contributed by atoms with Crippen LogP contribution in [0.4, 0.5) is 14.6 Å². The molecule has 11 heteroatoms. The Bertz CT molecular complexity index is 1880. The van der Waals surface area contributed by atoms with Gasteiger partial charge in [-0.2, -0.15) is 15.1 Å². The van der Waals surface area contributed by atoms with Crippen LogP contribution in [0.5, 0.6) is 6.01 Å². The third-order valence-corrected chi connectivity index (χ3v) is 9.55. The molecule has 222 valence electrons. The van der Waals surface area contributed by atoms with E-state index in [1.807, 2.05) is 35.2 Å². The molecule has 3 saturated heterocycles. The van der Waals surface area contributed by atoms with E-state index < -0.39 is 23.1 Å². The van der Waals surface area contributed by atoms with E-state index in [1.165, 1.54) is 0 Å². The average molecular weight is 586 g/mol. The molecule has 6 heterocycles. The number of pyridine rings is 1. The second-order valence-electron chi connectivity index (χ2n) is 12.7. The van der Waals surface area contributed by atoms with Crippen molar-refractivity contribution in [3.8, 4) is 17.3 Å². The van der Waals surface area contributed by atoms with E-state index in [1.54, 1.807) is 19.3 Å². The number of alkyl halides is 1. The van der Waals surface area contributed by atoms with Gasteiger partial charge in [-0.3, -0.25) is 15.0 Å². The third kappa shape index (κ3) is 4.39. The minimum absolute atomic E-state index is 0.0404.